The molecule has 1 atom stereocenters. The van der Waals surface area contributed by atoms with E-state index in [-0.39, 0.29) is 10.7 Å². The molecule has 0 aliphatic carbocycles. The van der Waals surface area contributed by atoms with Crippen molar-refractivity contribution in [2.75, 3.05) is 28.6 Å². The number of rotatable bonds is 6. The number of nitrogens with zero attached hydrogens (tertiary/aromatic N) is 1. The lowest BCUT2D eigenvalue weighted by Gasteiger charge is -2.21. The van der Waals surface area contributed by atoms with Gasteiger partial charge in [-0.1, -0.05) is 37.9 Å². The molecule has 0 spiro atoms. The van der Waals surface area contributed by atoms with Crippen molar-refractivity contribution >= 4 is 49.1 Å². The molecule has 0 saturated heterocycles. The predicted octanol–water partition coefficient (Wildman–Crippen LogP) is 3.63. The zero-order valence-corrected chi connectivity index (χ0v) is 13.8. The summed E-state index contributed by atoms with van der Waals surface area (Å²) in [5, 5.41) is 3.49. The van der Waals surface area contributed by atoms with E-state index in [1.807, 2.05) is 18.2 Å². The first-order valence-electron chi connectivity index (χ1n) is 5.98. The highest BCUT2D eigenvalue weighted by molar-refractivity contribution is 9.12. The lowest BCUT2D eigenvalue weighted by atomic mass is 10.2. The molecule has 0 heterocycles. The van der Waals surface area contributed by atoms with E-state index in [9.17, 15) is 4.79 Å². The van der Waals surface area contributed by atoms with E-state index in [1.165, 1.54) is 0 Å². The second kappa shape index (κ2) is 7.79. The van der Waals surface area contributed by atoms with E-state index in [0.29, 0.717) is 5.33 Å². The molecular formula is C13H18Br2N2O. The molecule has 1 unspecified atom stereocenters. The molecule has 0 bridgehead atoms. The largest absolute Gasteiger partial charge is 0.372 e. The van der Waals surface area contributed by atoms with Crippen LogP contribution in [0.15, 0.2) is 24.3 Å². The number of amides is 1. The van der Waals surface area contributed by atoms with E-state index in [4.69, 9.17) is 0 Å². The van der Waals surface area contributed by atoms with Crippen LogP contribution in [0.5, 0.6) is 0 Å². The molecule has 18 heavy (non-hydrogen) atoms. The van der Waals surface area contributed by atoms with Crippen LogP contribution in [-0.4, -0.2) is 29.2 Å². The topological polar surface area (TPSA) is 32.3 Å². The summed E-state index contributed by atoms with van der Waals surface area (Å²) >= 11 is 6.58. The Bertz CT molecular complexity index is 394. The minimum absolute atomic E-state index is 0.0384. The number of hydrogen-bond acceptors (Lipinski definition) is 2. The van der Waals surface area contributed by atoms with E-state index < -0.39 is 0 Å². The van der Waals surface area contributed by atoms with Crippen LogP contribution in [0.2, 0.25) is 0 Å². The summed E-state index contributed by atoms with van der Waals surface area (Å²) in [5.74, 6) is -0.0384. The van der Waals surface area contributed by atoms with Crippen molar-refractivity contribution in [3.8, 4) is 0 Å². The third kappa shape index (κ3) is 4.28. The quantitative estimate of drug-likeness (QED) is 0.767. The Balaban J connectivity index is 2.79. The first kappa shape index (κ1) is 15.5. The average Bonchev–Trinajstić information content (AvgIpc) is 2.39. The number of carbonyl (C=O) groups excluding carboxylic acids is 1. The smallest absolute Gasteiger partial charge is 0.239 e. The van der Waals surface area contributed by atoms with Crippen molar-refractivity contribution in [2.45, 2.75) is 18.7 Å². The van der Waals surface area contributed by atoms with Crippen molar-refractivity contribution in [3.05, 3.63) is 24.3 Å². The highest BCUT2D eigenvalue weighted by atomic mass is 79.9. The highest BCUT2D eigenvalue weighted by Gasteiger charge is 2.13. The number of hydrogen-bond donors (Lipinski definition) is 1. The Morgan fingerprint density at radius 1 is 1.39 bits per heavy atom. The molecule has 5 heteroatoms. The molecule has 100 valence electrons. The molecule has 1 rings (SSSR count). The molecule has 0 aromatic heterocycles. The number of anilines is 2. The first-order chi connectivity index (χ1) is 8.62. The van der Waals surface area contributed by atoms with Gasteiger partial charge >= 0.3 is 0 Å². The molecule has 3 nitrogen and oxygen atoms in total. The van der Waals surface area contributed by atoms with Crippen LogP contribution in [0.1, 0.15) is 13.8 Å². The van der Waals surface area contributed by atoms with Crippen LogP contribution in [0.25, 0.3) is 0 Å². The van der Waals surface area contributed by atoms with Crippen molar-refractivity contribution in [1.29, 1.82) is 0 Å². The molecule has 1 N–H and O–H groups in total. The third-order valence-corrected chi connectivity index (χ3v) is 4.92. The molecule has 1 aromatic carbocycles. The summed E-state index contributed by atoms with van der Waals surface area (Å²) in [4.78, 5) is 13.8. The van der Waals surface area contributed by atoms with Gasteiger partial charge in [0.05, 0.1) is 0 Å². The zero-order valence-electron chi connectivity index (χ0n) is 10.6. The van der Waals surface area contributed by atoms with Gasteiger partial charge in [0.25, 0.3) is 0 Å². The molecule has 1 amide bonds. The summed E-state index contributed by atoms with van der Waals surface area (Å²) < 4.78 is 0. The number of alkyl halides is 2. The normalized spacial score (nSPS) is 12.0. The SMILES string of the molecule is CCN(CC)c1cccc(NC(=O)C(Br)CBr)c1. The van der Waals surface area contributed by atoms with Crippen molar-refractivity contribution < 1.29 is 4.79 Å². The number of carbonyl (C=O) groups is 1. The van der Waals surface area contributed by atoms with Gasteiger partial charge < -0.3 is 10.2 Å². The first-order valence-corrected chi connectivity index (χ1v) is 8.02. The summed E-state index contributed by atoms with van der Waals surface area (Å²) in [6, 6.07) is 7.91. The van der Waals surface area contributed by atoms with Crippen molar-refractivity contribution in [2.24, 2.45) is 0 Å². The fourth-order valence-electron chi connectivity index (χ4n) is 1.66. The zero-order chi connectivity index (χ0) is 13.5. The monoisotopic (exact) mass is 376 g/mol. The van der Waals surface area contributed by atoms with Crippen LogP contribution in [0.4, 0.5) is 11.4 Å². The highest BCUT2D eigenvalue weighted by Crippen LogP contribution is 2.20. The molecule has 0 aliphatic rings. The predicted molar refractivity (Wildman–Crippen MR) is 85.1 cm³/mol. The standard InChI is InChI=1S/C13H18Br2N2O/c1-3-17(4-2)11-7-5-6-10(8-11)16-13(18)12(15)9-14/h5-8,12H,3-4,9H2,1-2H3,(H,16,18). The molecule has 0 radical (unpaired) electrons. The summed E-state index contributed by atoms with van der Waals surface area (Å²) in [6.07, 6.45) is 0. The summed E-state index contributed by atoms with van der Waals surface area (Å²) in [6.45, 7) is 6.15. The maximum absolute atomic E-state index is 11.8. The van der Waals surface area contributed by atoms with Crippen LogP contribution in [-0.2, 0) is 4.79 Å². The van der Waals surface area contributed by atoms with Gasteiger partial charge in [-0.3, -0.25) is 4.79 Å². The Labute approximate surface area is 125 Å². The molecule has 0 fully saturated rings. The second-order valence-electron chi connectivity index (χ2n) is 3.83. The van der Waals surface area contributed by atoms with Gasteiger partial charge in [-0.25, -0.2) is 0 Å². The number of halogens is 2. The van der Waals surface area contributed by atoms with E-state index >= 15 is 0 Å². The average molecular weight is 378 g/mol. The molecule has 0 aliphatic heterocycles. The Kier molecular flexibility index (Phi) is 6.71. The van der Waals surface area contributed by atoms with Crippen LogP contribution >= 0.6 is 31.9 Å². The van der Waals surface area contributed by atoms with Gasteiger partial charge in [0.1, 0.15) is 4.83 Å². The van der Waals surface area contributed by atoms with Crippen LogP contribution in [0, 0.1) is 0 Å². The number of benzene rings is 1. The lowest BCUT2D eigenvalue weighted by Crippen LogP contribution is -2.24. The van der Waals surface area contributed by atoms with Crippen molar-refractivity contribution in [1.82, 2.24) is 0 Å². The maximum Gasteiger partial charge on any atom is 0.239 e. The molecular weight excluding hydrogens is 360 g/mol. The van der Waals surface area contributed by atoms with Gasteiger partial charge in [0.15, 0.2) is 0 Å². The maximum atomic E-state index is 11.8. The second-order valence-corrected chi connectivity index (χ2v) is 5.59. The van der Waals surface area contributed by atoms with Gasteiger partial charge in [-0.2, -0.15) is 0 Å². The fourth-order valence-corrected chi connectivity index (χ4v) is 2.07. The summed E-state index contributed by atoms with van der Waals surface area (Å²) in [7, 11) is 0. The summed E-state index contributed by atoms with van der Waals surface area (Å²) in [5.41, 5.74) is 1.96. The Morgan fingerprint density at radius 2 is 2.06 bits per heavy atom. The Morgan fingerprint density at radius 3 is 2.61 bits per heavy atom. The molecule has 1 aromatic rings. The minimum atomic E-state index is -0.213. The number of nitrogens with one attached hydrogen (secondary N) is 1. The molecule has 0 saturated carbocycles. The Hall–Kier alpha value is -0.550. The minimum Gasteiger partial charge on any atom is -0.372 e. The van der Waals surface area contributed by atoms with Gasteiger partial charge in [0, 0.05) is 29.8 Å². The van der Waals surface area contributed by atoms with E-state index in [2.05, 4.69) is 62.0 Å². The fraction of sp³-hybridized carbons (Fsp3) is 0.462. The van der Waals surface area contributed by atoms with E-state index in [1.54, 1.807) is 0 Å². The third-order valence-electron chi connectivity index (χ3n) is 2.66. The van der Waals surface area contributed by atoms with E-state index in [0.717, 1.165) is 24.5 Å². The lowest BCUT2D eigenvalue weighted by molar-refractivity contribution is -0.115. The van der Waals surface area contributed by atoms with Crippen LogP contribution in [0.3, 0.4) is 0 Å². The van der Waals surface area contributed by atoms with Gasteiger partial charge in [-0.05, 0) is 32.0 Å². The van der Waals surface area contributed by atoms with Crippen LogP contribution < -0.4 is 10.2 Å². The van der Waals surface area contributed by atoms with Gasteiger partial charge in [0.2, 0.25) is 5.91 Å². The van der Waals surface area contributed by atoms with Crippen molar-refractivity contribution in [3.63, 3.8) is 0 Å². The van der Waals surface area contributed by atoms with Gasteiger partial charge in [-0.15, -0.1) is 0 Å².